The van der Waals surface area contributed by atoms with Crippen LogP contribution in [0.15, 0.2) is 57.9 Å². The van der Waals surface area contributed by atoms with Gasteiger partial charge in [0.15, 0.2) is 5.82 Å². The zero-order valence-corrected chi connectivity index (χ0v) is 17.1. The number of carbonyl (C=O) groups excluding carboxylic acids is 2. The summed E-state index contributed by atoms with van der Waals surface area (Å²) >= 11 is 1.45. The van der Waals surface area contributed by atoms with E-state index in [1.165, 1.54) is 11.8 Å². The quantitative estimate of drug-likeness (QED) is 0.544. The lowest BCUT2D eigenvalue weighted by molar-refractivity contribution is 0.0952. The van der Waals surface area contributed by atoms with E-state index in [4.69, 9.17) is 4.52 Å². The van der Waals surface area contributed by atoms with Crippen molar-refractivity contribution in [2.24, 2.45) is 0 Å². The van der Waals surface area contributed by atoms with Crippen LogP contribution in [-0.4, -0.2) is 28.5 Å². The average molecular weight is 410 g/mol. The first kappa shape index (κ1) is 20.6. The Morgan fingerprint density at radius 1 is 1.10 bits per heavy atom. The first-order valence-corrected chi connectivity index (χ1v) is 10.3. The van der Waals surface area contributed by atoms with Gasteiger partial charge in [0.05, 0.1) is 11.3 Å². The molecule has 1 aromatic heterocycles. The molecular formula is C21H22N4O3S. The van der Waals surface area contributed by atoms with Gasteiger partial charge in [-0.15, -0.1) is 11.8 Å². The maximum Gasteiger partial charge on any atom is 0.256 e. The van der Waals surface area contributed by atoms with Gasteiger partial charge < -0.3 is 15.2 Å². The molecule has 0 saturated carbocycles. The van der Waals surface area contributed by atoms with Crippen LogP contribution in [-0.2, 0) is 5.75 Å². The number of rotatable bonds is 8. The fourth-order valence-corrected chi connectivity index (χ4v) is 3.48. The molecule has 2 N–H and O–H groups in total. The van der Waals surface area contributed by atoms with Crippen LogP contribution in [0.25, 0.3) is 0 Å². The van der Waals surface area contributed by atoms with Crippen LogP contribution in [0.2, 0.25) is 0 Å². The van der Waals surface area contributed by atoms with Crippen LogP contribution in [0.3, 0.4) is 0 Å². The molecule has 0 aliphatic heterocycles. The van der Waals surface area contributed by atoms with Gasteiger partial charge in [-0.3, -0.25) is 9.59 Å². The van der Waals surface area contributed by atoms with Crippen molar-refractivity contribution >= 4 is 29.3 Å². The molecule has 1 heterocycles. The van der Waals surface area contributed by atoms with Gasteiger partial charge in [0, 0.05) is 22.7 Å². The Morgan fingerprint density at radius 2 is 1.93 bits per heavy atom. The van der Waals surface area contributed by atoms with Crippen LogP contribution >= 0.6 is 11.8 Å². The Kier molecular flexibility index (Phi) is 7.02. The minimum Gasteiger partial charge on any atom is -0.352 e. The number of amides is 2. The third kappa shape index (κ3) is 5.68. The van der Waals surface area contributed by atoms with Gasteiger partial charge in [0.25, 0.3) is 11.8 Å². The Labute approximate surface area is 173 Å². The Hall–Kier alpha value is -3.13. The largest absolute Gasteiger partial charge is 0.352 e. The summed E-state index contributed by atoms with van der Waals surface area (Å²) < 4.78 is 5.13. The molecule has 0 atom stereocenters. The van der Waals surface area contributed by atoms with E-state index in [-0.39, 0.29) is 11.8 Å². The van der Waals surface area contributed by atoms with Crippen LogP contribution in [0.5, 0.6) is 0 Å². The number of anilines is 1. The molecule has 2 amide bonds. The SMILES string of the molecule is CCCNC(=O)c1cccc(NC(=O)c2ccccc2SCc2nc(C)no2)c1. The molecule has 0 aliphatic carbocycles. The molecule has 7 nitrogen and oxygen atoms in total. The van der Waals surface area contributed by atoms with Gasteiger partial charge in [-0.1, -0.05) is 30.3 Å². The van der Waals surface area contributed by atoms with Gasteiger partial charge in [-0.2, -0.15) is 4.98 Å². The van der Waals surface area contributed by atoms with Crippen LogP contribution < -0.4 is 10.6 Å². The zero-order valence-electron chi connectivity index (χ0n) is 16.3. The lowest BCUT2D eigenvalue weighted by Gasteiger charge is -2.10. The normalized spacial score (nSPS) is 10.6. The minimum absolute atomic E-state index is 0.159. The standard InChI is InChI=1S/C21H22N4O3S/c1-3-11-22-20(26)15-7-6-8-16(12-15)24-21(27)17-9-4-5-10-18(17)29-13-19-23-14(2)25-28-19/h4-10,12H,3,11,13H2,1-2H3,(H,22,26)(H,24,27). The Balaban J connectivity index is 1.70. The lowest BCUT2D eigenvalue weighted by Crippen LogP contribution is -2.24. The number of nitrogens with one attached hydrogen (secondary N) is 2. The number of aryl methyl sites for hydroxylation is 1. The lowest BCUT2D eigenvalue weighted by atomic mass is 10.1. The van der Waals surface area contributed by atoms with E-state index in [2.05, 4.69) is 20.8 Å². The highest BCUT2D eigenvalue weighted by molar-refractivity contribution is 7.98. The molecule has 0 bridgehead atoms. The average Bonchev–Trinajstić information content (AvgIpc) is 3.16. The fraction of sp³-hybridized carbons (Fsp3) is 0.238. The molecule has 0 unspecified atom stereocenters. The minimum atomic E-state index is -0.249. The number of hydrogen-bond acceptors (Lipinski definition) is 6. The van der Waals surface area contributed by atoms with E-state index in [9.17, 15) is 9.59 Å². The van der Waals surface area contributed by atoms with Crippen molar-refractivity contribution in [1.82, 2.24) is 15.5 Å². The molecular weight excluding hydrogens is 388 g/mol. The molecule has 0 radical (unpaired) electrons. The maximum atomic E-state index is 12.8. The van der Waals surface area contributed by atoms with Crippen LogP contribution in [0.4, 0.5) is 5.69 Å². The second-order valence-electron chi connectivity index (χ2n) is 6.31. The summed E-state index contributed by atoms with van der Waals surface area (Å²) in [5.74, 6) is 1.15. The van der Waals surface area contributed by atoms with E-state index in [0.717, 1.165) is 11.3 Å². The first-order chi connectivity index (χ1) is 14.1. The number of nitrogens with zero attached hydrogens (tertiary/aromatic N) is 2. The number of aromatic nitrogens is 2. The maximum absolute atomic E-state index is 12.8. The first-order valence-electron chi connectivity index (χ1n) is 9.27. The predicted octanol–water partition coefficient (Wildman–Crippen LogP) is 4.06. The summed E-state index contributed by atoms with van der Waals surface area (Å²) in [5, 5.41) is 9.47. The van der Waals surface area contributed by atoms with Crippen molar-refractivity contribution in [2.45, 2.75) is 30.9 Å². The second-order valence-corrected chi connectivity index (χ2v) is 7.33. The van der Waals surface area contributed by atoms with Gasteiger partial charge in [-0.05, 0) is 43.7 Å². The topological polar surface area (TPSA) is 97.1 Å². The van der Waals surface area contributed by atoms with Gasteiger partial charge in [0.1, 0.15) is 0 Å². The molecule has 0 saturated heterocycles. The van der Waals surface area contributed by atoms with Crippen molar-refractivity contribution in [3.63, 3.8) is 0 Å². The summed E-state index contributed by atoms with van der Waals surface area (Å²) in [4.78, 5) is 29.9. The number of carbonyl (C=O) groups is 2. The highest BCUT2D eigenvalue weighted by Gasteiger charge is 2.14. The number of thioether (sulfide) groups is 1. The van der Waals surface area contributed by atoms with E-state index in [1.807, 2.05) is 25.1 Å². The number of hydrogen-bond donors (Lipinski definition) is 2. The molecule has 8 heteroatoms. The Morgan fingerprint density at radius 3 is 2.69 bits per heavy atom. The fourth-order valence-electron chi connectivity index (χ4n) is 2.60. The Bertz CT molecular complexity index is 1000. The number of benzene rings is 2. The van der Waals surface area contributed by atoms with Crippen molar-refractivity contribution in [3.05, 3.63) is 71.4 Å². The smallest absolute Gasteiger partial charge is 0.256 e. The van der Waals surface area contributed by atoms with Gasteiger partial charge in [-0.25, -0.2) is 0 Å². The third-order valence-electron chi connectivity index (χ3n) is 3.97. The summed E-state index contributed by atoms with van der Waals surface area (Å²) in [5.41, 5.74) is 1.60. The summed E-state index contributed by atoms with van der Waals surface area (Å²) in [6, 6.07) is 14.2. The van der Waals surface area contributed by atoms with Crippen molar-refractivity contribution in [3.8, 4) is 0 Å². The second kappa shape index (κ2) is 9.88. The van der Waals surface area contributed by atoms with Crippen molar-refractivity contribution < 1.29 is 14.1 Å². The van der Waals surface area contributed by atoms with Crippen LogP contribution in [0.1, 0.15) is 45.8 Å². The summed E-state index contributed by atoms with van der Waals surface area (Å²) in [6.07, 6.45) is 0.861. The molecule has 3 rings (SSSR count). The molecule has 0 aliphatic rings. The molecule has 29 heavy (non-hydrogen) atoms. The van der Waals surface area contributed by atoms with Crippen molar-refractivity contribution in [1.29, 1.82) is 0 Å². The third-order valence-corrected chi connectivity index (χ3v) is 5.03. The molecule has 3 aromatic rings. The predicted molar refractivity (Wildman–Crippen MR) is 112 cm³/mol. The van der Waals surface area contributed by atoms with E-state index in [0.29, 0.717) is 40.8 Å². The van der Waals surface area contributed by atoms with Gasteiger partial charge in [0.2, 0.25) is 5.89 Å². The molecule has 2 aromatic carbocycles. The monoisotopic (exact) mass is 410 g/mol. The van der Waals surface area contributed by atoms with E-state index in [1.54, 1.807) is 37.3 Å². The van der Waals surface area contributed by atoms with Crippen LogP contribution in [0, 0.1) is 6.92 Å². The van der Waals surface area contributed by atoms with E-state index >= 15 is 0 Å². The zero-order chi connectivity index (χ0) is 20.6. The highest BCUT2D eigenvalue weighted by atomic mass is 32.2. The molecule has 150 valence electrons. The molecule has 0 spiro atoms. The molecule has 0 fully saturated rings. The summed E-state index contributed by atoms with van der Waals surface area (Å²) in [6.45, 7) is 4.36. The van der Waals surface area contributed by atoms with Crippen molar-refractivity contribution in [2.75, 3.05) is 11.9 Å². The van der Waals surface area contributed by atoms with Gasteiger partial charge >= 0.3 is 0 Å². The summed E-state index contributed by atoms with van der Waals surface area (Å²) in [7, 11) is 0. The highest BCUT2D eigenvalue weighted by Crippen LogP contribution is 2.26. The van der Waals surface area contributed by atoms with E-state index < -0.39 is 0 Å².